The molecule has 1 saturated heterocycles. The Hall–Kier alpha value is -0.860. The van der Waals surface area contributed by atoms with E-state index in [0.29, 0.717) is 6.04 Å². The van der Waals surface area contributed by atoms with Crippen LogP contribution in [0.3, 0.4) is 0 Å². The SMILES string of the molecule is Cc1ccc(C(N)CN2CC(C)CCC2C)cc1. The smallest absolute Gasteiger partial charge is 0.0424 e. The highest BCUT2D eigenvalue weighted by Crippen LogP contribution is 2.23. The van der Waals surface area contributed by atoms with Crippen molar-refractivity contribution in [2.24, 2.45) is 11.7 Å². The van der Waals surface area contributed by atoms with Crippen LogP contribution in [0.15, 0.2) is 24.3 Å². The molecule has 0 saturated carbocycles. The van der Waals surface area contributed by atoms with Crippen molar-refractivity contribution in [3.63, 3.8) is 0 Å². The Morgan fingerprint density at radius 1 is 1.22 bits per heavy atom. The molecule has 3 unspecified atom stereocenters. The Bertz CT molecular complexity index is 371. The number of likely N-dealkylation sites (tertiary alicyclic amines) is 1. The maximum atomic E-state index is 6.34. The summed E-state index contributed by atoms with van der Waals surface area (Å²) < 4.78 is 0. The molecule has 2 N–H and O–H groups in total. The van der Waals surface area contributed by atoms with Gasteiger partial charge in [-0.15, -0.1) is 0 Å². The Balaban J connectivity index is 1.97. The first-order chi connectivity index (χ1) is 8.56. The summed E-state index contributed by atoms with van der Waals surface area (Å²) in [5.74, 6) is 0.811. The average Bonchev–Trinajstić information content (AvgIpc) is 2.34. The fraction of sp³-hybridized carbons (Fsp3) is 0.625. The highest BCUT2D eigenvalue weighted by Gasteiger charge is 2.24. The molecule has 0 spiro atoms. The van der Waals surface area contributed by atoms with Crippen LogP contribution in [0.25, 0.3) is 0 Å². The topological polar surface area (TPSA) is 29.3 Å². The second-order valence-electron chi connectivity index (χ2n) is 6.00. The first-order valence-corrected chi connectivity index (χ1v) is 7.12. The van der Waals surface area contributed by atoms with Crippen molar-refractivity contribution in [2.75, 3.05) is 13.1 Å². The molecule has 1 aliphatic heterocycles. The van der Waals surface area contributed by atoms with Crippen molar-refractivity contribution >= 4 is 0 Å². The molecule has 0 bridgehead atoms. The summed E-state index contributed by atoms with van der Waals surface area (Å²) in [6.45, 7) is 8.96. The van der Waals surface area contributed by atoms with Gasteiger partial charge in [-0.3, -0.25) is 4.90 Å². The maximum Gasteiger partial charge on any atom is 0.0424 e. The van der Waals surface area contributed by atoms with E-state index in [4.69, 9.17) is 5.73 Å². The van der Waals surface area contributed by atoms with Crippen LogP contribution in [-0.4, -0.2) is 24.0 Å². The molecular weight excluding hydrogens is 220 g/mol. The summed E-state index contributed by atoms with van der Waals surface area (Å²) in [6, 6.07) is 9.45. The molecule has 1 heterocycles. The van der Waals surface area contributed by atoms with E-state index in [-0.39, 0.29) is 6.04 Å². The number of aryl methyl sites for hydroxylation is 1. The summed E-state index contributed by atoms with van der Waals surface area (Å²) in [6.07, 6.45) is 2.67. The molecular formula is C16H26N2. The van der Waals surface area contributed by atoms with Gasteiger partial charge in [-0.1, -0.05) is 36.8 Å². The van der Waals surface area contributed by atoms with E-state index in [1.807, 2.05) is 0 Å². The van der Waals surface area contributed by atoms with Crippen LogP contribution < -0.4 is 5.73 Å². The fourth-order valence-corrected chi connectivity index (χ4v) is 2.81. The molecule has 0 radical (unpaired) electrons. The lowest BCUT2D eigenvalue weighted by Crippen LogP contribution is -2.44. The highest BCUT2D eigenvalue weighted by molar-refractivity contribution is 5.24. The lowest BCUT2D eigenvalue weighted by molar-refractivity contribution is 0.117. The molecule has 0 amide bonds. The largest absolute Gasteiger partial charge is 0.323 e. The quantitative estimate of drug-likeness (QED) is 0.888. The van der Waals surface area contributed by atoms with E-state index in [2.05, 4.69) is 49.9 Å². The van der Waals surface area contributed by atoms with Crippen LogP contribution in [0.1, 0.15) is 43.9 Å². The number of hydrogen-bond donors (Lipinski definition) is 1. The second-order valence-corrected chi connectivity index (χ2v) is 6.00. The molecule has 1 aromatic rings. The van der Waals surface area contributed by atoms with Gasteiger partial charge >= 0.3 is 0 Å². The number of nitrogens with zero attached hydrogens (tertiary/aromatic N) is 1. The summed E-state index contributed by atoms with van der Waals surface area (Å²) in [5.41, 5.74) is 8.89. The normalized spacial score (nSPS) is 27.1. The lowest BCUT2D eigenvalue weighted by atomic mass is 9.94. The minimum atomic E-state index is 0.137. The van der Waals surface area contributed by atoms with Gasteiger partial charge in [-0.25, -0.2) is 0 Å². The minimum Gasteiger partial charge on any atom is -0.323 e. The molecule has 18 heavy (non-hydrogen) atoms. The van der Waals surface area contributed by atoms with E-state index >= 15 is 0 Å². The number of benzene rings is 1. The number of nitrogens with two attached hydrogens (primary N) is 1. The molecule has 0 aromatic heterocycles. The predicted octanol–water partition coefficient (Wildman–Crippen LogP) is 3.12. The Morgan fingerprint density at radius 3 is 2.56 bits per heavy atom. The highest BCUT2D eigenvalue weighted by atomic mass is 15.2. The number of hydrogen-bond acceptors (Lipinski definition) is 2. The van der Waals surface area contributed by atoms with Gasteiger partial charge in [0.05, 0.1) is 0 Å². The van der Waals surface area contributed by atoms with Crippen molar-refractivity contribution in [3.05, 3.63) is 35.4 Å². The van der Waals surface area contributed by atoms with Crippen LogP contribution in [-0.2, 0) is 0 Å². The zero-order valence-corrected chi connectivity index (χ0v) is 11.9. The van der Waals surface area contributed by atoms with Crippen molar-refractivity contribution in [1.29, 1.82) is 0 Å². The second kappa shape index (κ2) is 5.85. The monoisotopic (exact) mass is 246 g/mol. The van der Waals surface area contributed by atoms with E-state index in [0.717, 1.165) is 12.5 Å². The lowest BCUT2D eigenvalue weighted by Gasteiger charge is -2.38. The van der Waals surface area contributed by atoms with Gasteiger partial charge in [0.2, 0.25) is 0 Å². The van der Waals surface area contributed by atoms with Crippen LogP contribution in [0.4, 0.5) is 0 Å². The summed E-state index contributed by atoms with van der Waals surface area (Å²) in [4.78, 5) is 2.55. The van der Waals surface area contributed by atoms with Gasteiger partial charge < -0.3 is 5.73 Å². The Morgan fingerprint density at radius 2 is 1.89 bits per heavy atom. The van der Waals surface area contributed by atoms with Crippen LogP contribution in [0, 0.1) is 12.8 Å². The fourth-order valence-electron chi connectivity index (χ4n) is 2.81. The molecule has 1 fully saturated rings. The van der Waals surface area contributed by atoms with Gasteiger partial charge in [0.1, 0.15) is 0 Å². The summed E-state index contributed by atoms with van der Waals surface area (Å²) in [5, 5.41) is 0. The van der Waals surface area contributed by atoms with E-state index in [1.54, 1.807) is 0 Å². The number of rotatable bonds is 3. The third-order valence-corrected chi connectivity index (χ3v) is 4.18. The zero-order valence-electron chi connectivity index (χ0n) is 11.9. The molecule has 3 atom stereocenters. The third kappa shape index (κ3) is 3.33. The van der Waals surface area contributed by atoms with E-state index in [9.17, 15) is 0 Å². The molecule has 100 valence electrons. The predicted molar refractivity (Wildman–Crippen MR) is 77.5 cm³/mol. The van der Waals surface area contributed by atoms with E-state index < -0.39 is 0 Å². The Kier molecular flexibility index (Phi) is 4.41. The molecule has 2 heteroatoms. The maximum absolute atomic E-state index is 6.34. The van der Waals surface area contributed by atoms with Gasteiger partial charge in [-0.2, -0.15) is 0 Å². The Labute approximate surface area is 111 Å². The standard InChI is InChI=1S/C16H26N2/c1-12-5-8-15(9-6-12)16(17)11-18-10-13(2)4-7-14(18)3/h5-6,8-9,13-14,16H,4,7,10-11,17H2,1-3H3. The first-order valence-electron chi connectivity index (χ1n) is 7.12. The molecule has 0 aliphatic carbocycles. The first kappa shape index (κ1) is 13.6. The third-order valence-electron chi connectivity index (χ3n) is 4.18. The van der Waals surface area contributed by atoms with Crippen molar-refractivity contribution in [1.82, 2.24) is 4.90 Å². The minimum absolute atomic E-state index is 0.137. The number of piperidine rings is 1. The molecule has 2 rings (SSSR count). The van der Waals surface area contributed by atoms with E-state index in [1.165, 1.54) is 30.5 Å². The van der Waals surface area contributed by atoms with Crippen molar-refractivity contribution in [2.45, 2.75) is 45.7 Å². The van der Waals surface area contributed by atoms with Crippen LogP contribution >= 0.6 is 0 Å². The van der Waals surface area contributed by atoms with Crippen LogP contribution in [0.5, 0.6) is 0 Å². The zero-order chi connectivity index (χ0) is 13.1. The molecule has 2 nitrogen and oxygen atoms in total. The average molecular weight is 246 g/mol. The van der Waals surface area contributed by atoms with Crippen molar-refractivity contribution in [3.8, 4) is 0 Å². The summed E-state index contributed by atoms with van der Waals surface area (Å²) >= 11 is 0. The van der Waals surface area contributed by atoms with Crippen LogP contribution in [0.2, 0.25) is 0 Å². The van der Waals surface area contributed by atoms with Gasteiger partial charge in [0.15, 0.2) is 0 Å². The van der Waals surface area contributed by atoms with Gasteiger partial charge in [0, 0.05) is 25.2 Å². The van der Waals surface area contributed by atoms with Crippen molar-refractivity contribution < 1.29 is 0 Å². The molecule has 1 aliphatic rings. The van der Waals surface area contributed by atoms with Gasteiger partial charge in [0.25, 0.3) is 0 Å². The molecule has 1 aromatic carbocycles. The van der Waals surface area contributed by atoms with Gasteiger partial charge in [-0.05, 0) is 38.2 Å². The summed E-state index contributed by atoms with van der Waals surface area (Å²) in [7, 11) is 0.